The molecule has 8 aromatic rings. The van der Waals surface area contributed by atoms with E-state index in [1.165, 1.54) is 60.3 Å². The van der Waals surface area contributed by atoms with Gasteiger partial charge in [-0.05, 0) is 63.4 Å². The molecule has 0 radical (unpaired) electrons. The van der Waals surface area contributed by atoms with Gasteiger partial charge in [0.25, 0.3) is 0 Å². The first kappa shape index (κ1) is 18.0. The molecule has 0 N–H and O–H groups in total. The number of benzene rings is 5. The zero-order valence-corrected chi connectivity index (χ0v) is 19.5. The lowest BCUT2D eigenvalue weighted by Crippen LogP contribution is -2.15. The highest BCUT2D eigenvalue weighted by atomic mass is 15.2. The van der Waals surface area contributed by atoms with E-state index in [-0.39, 0.29) is 5.41 Å². The molecule has 0 aliphatic heterocycles. The molecule has 0 saturated carbocycles. The van der Waals surface area contributed by atoms with E-state index in [0.29, 0.717) is 0 Å². The summed E-state index contributed by atoms with van der Waals surface area (Å²) >= 11 is 0. The van der Waals surface area contributed by atoms with Crippen molar-refractivity contribution in [1.29, 1.82) is 0 Å². The average Bonchev–Trinajstić information content (AvgIpc) is 3.56. The summed E-state index contributed by atoms with van der Waals surface area (Å²) in [4.78, 5) is 5.15. The lowest BCUT2D eigenvalue weighted by molar-refractivity contribution is 0.666. The number of fused-ring (bicyclic) bond motifs is 13. The molecule has 3 nitrogen and oxygen atoms in total. The van der Waals surface area contributed by atoms with Gasteiger partial charge in [-0.25, -0.2) is 4.98 Å². The summed E-state index contributed by atoms with van der Waals surface area (Å²) in [6, 6.07) is 33.3. The van der Waals surface area contributed by atoms with Crippen LogP contribution in [-0.4, -0.2) is 13.8 Å². The molecular formula is C32H21N3. The Morgan fingerprint density at radius 2 is 1.40 bits per heavy atom. The lowest BCUT2D eigenvalue weighted by Gasteiger charge is -2.22. The van der Waals surface area contributed by atoms with Gasteiger partial charge in [0.15, 0.2) is 0 Å². The number of para-hydroxylation sites is 2. The van der Waals surface area contributed by atoms with Gasteiger partial charge in [0, 0.05) is 16.2 Å². The second-order valence-electron chi connectivity index (χ2n) is 10.5. The SMILES string of the molecule is CC1(C)c2ccccc2-c2cc3c4c(c21)c1cc2ccccc2cc1n4c1nc2ccccc2n31. The molecule has 3 heterocycles. The highest BCUT2D eigenvalue weighted by Gasteiger charge is 2.39. The average molecular weight is 448 g/mol. The van der Waals surface area contributed by atoms with Crippen molar-refractivity contribution in [2.24, 2.45) is 0 Å². The van der Waals surface area contributed by atoms with Gasteiger partial charge in [0.05, 0.1) is 27.6 Å². The van der Waals surface area contributed by atoms with Crippen LogP contribution in [0, 0.1) is 0 Å². The number of hydrogen-bond donors (Lipinski definition) is 0. The van der Waals surface area contributed by atoms with Crippen molar-refractivity contribution in [2.45, 2.75) is 19.3 Å². The van der Waals surface area contributed by atoms with Gasteiger partial charge in [-0.15, -0.1) is 0 Å². The van der Waals surface area contributed by atoms with Crippen LogP contribution in [0.15, 0.2) is 91.0 Å². The summed E-state index contributed by atoms with van der Waals surface area (Å²) in [5.41, 5.74) is 11.4. The Labute approximate surface area is 201 Å². The highest BCUT2D eigenvalue weighted by molar-refractivity contribution is 6.22. The Morgan fingerprint density at radius 3 is 2.29 bits per heavy atom. The van der Waals surface area contributed by atoms with Crippen molar-refractivity contribution in [3.05, 3.63) is 102 Å². The minimum atomic E-state index is -0.0814. The summed E-state index contributed by atoms with van der Waals surface area (Å²) in [5.74, 6) is 0.992. The van der Waals surface area contributed by atoms with Crippen molar-refractivity contribution in [1.82, 2.24) is 13.8 Å². The number of rotatable bonds is 0. The third-order valence-corrected chi connectivity index (χ3v) is 8.38. The van der Waals surface area contributed by atoms with Crippen LogP contribution in [0.2, 0.25) is 0 Å². The van der Waals surface area contributed by atoms with Crippen LogP contribution in [0.3, 0.4) is 0 Å². The maximum Gasteiger partial charge on any atom is 0.220 e. The predicted molar refractivity (Wildman–Crippen MR) is 145 cm³/mol. The Morgan fingerprint density at radius 1 is 0.657 bits per heavy atom. The van der Waals surface area contributed by atoms with E-state index < -0.39 is 0 Å². The van der Waals surface area contributed by atoms with Gasteiger partial charge in [-0.2, -0.15) is 0 Å². The second-order valence-corrected chi connectivity index (χ2v) is 10.5. The van der Waals surface area contributed by atoms with Crippen molar-refractivity contribution in [3.63, 3.8) is 0 Å². The molecule has 1 aliphatic carbocycles. The molecule has 164 valence electrons. The third kappa shape index (κ3) is 1.92. The van der Waals surface area contributed by atoms with Gasteiger partial charge >= 0.3 is 0 Å². The van der Waals surface area contributed by atoms with Crippen LogP contribution in [0.25, 0.3) is 66.0 Å². The van der Waals surface area contributed by atoms with Crippen LogP contribution >= 0.6 is 0 Å². The molecule has 0 saturated heterocycles. The molecule has 0 fully saturated rings. The Balaban J connectivity index is 1.65. The second kappa shape index (κ2) is 5.64. The van der Waals surface area contributed by atoms with Gasteiger partial charge in [0.1, 0.15) is 0 Å². The number of hydrogen-bond acceptors (Lipinski definition) is 1. The highest BCUT2D eigenvalue weighted by Crippen LogP contribution is 2.54. The summed E-state index contributed by atoms with van der Waals surface area (Å²) in [6.07, 6.45) is 0. The fourth-order valence-electron chi connectivity index (χ4n) is 6.92. The molecule has 0 bridgehead atoms. The maximum absolute atomic E-state index is 5.15. The lowest BCUT2D eigenvalue weighted by atomic mass is 9.80. The largest absolute Gasteiger partial charge is 0.277 e. The van der Waals surface area contributed by atoms with Gasteiger partial charge < -0.3 is 0 Å². The smallest absolute Gasteiger partial charge is 0.220 e. The zero-order chi connectivity index (χ0) is 23.1. The van der Waals surface area contributed by atoms with Gasteiger partial charge in [-0.1, -0.05) is 74.5 Å². The van der Waals surface area contributed by atoms with E-state index in [9.17, 15) is 0 Å². The van der Waals surface area contributed by atoms with Crippen LogP contribution in [-0.2, 0) is 5.41 Å². The monoisotopic (exact) mass is 447 g/mol. The minimum absolute atomic E-state index is 0.0814. The number of imidazole rings is 2. The van der Waals surface area contributed by atoms with E-state index in [2.05, 4.69) is 114 Å². The van der Waals surface area contributed by atoms with Crippen molar-refractivity contribution in [3.8, 4) is 11.1 Å². The van der Waals surface area contributed by atoms with Gasteiger partial charge in [-0.3, -0.25) is 8.80 Å². The number of nitrogens with zero attached hydrogens (tertiary/aromatic N) is 3. The molecular weight excluding hydrogens is 426 g/mol. The fourth-order valence-corrected chi connectivity index (χ4v) is 6.92. The first-order valence-corrected chi connectivity index (χ1v) is 12.3. The maximum atomic E-state index is 5.15. The standard InChI is InChI=1S/C32H21N3/c1-32(2)23-12-6-5-11-20(23)21-17-27-30-28(29(21)32)22-15-18-9-3-4-10-19(18)16-26(22)35(30)31-33-24-13-7-8-14-25(24)34(27)31/h3-17H,1-2H3. The molecule has 0 amide bonds. The normalized spacial score (nSPS) is 14.8. The molecule has 0 atom stereocenters. The third-order valence-electron chi connectivity index (χ3n) is 8.38. The topological polar surface area (TPSA) is 21.7 Å². The van der Waals surface area contributed by atoms with E-state index in [1.807, 2.05) is 0 Å². The first-order chi connectivity index (χ1) is 17.1. The summed E-state index contributed by atoms with van der Waals surface area (Å²) in [5, 5.41) is 5.22. The summed E-state index contributed by atoms with van der Waals surface area (Å²) in [6.45, 7) is 4.76. The van der Waals surface area contributed by atoms with Crippen LogP contribution in [0.1, 0.15) is 25.0 Å². The molecule has 1 aliphatic rings. The van der Waals surface area contributed by atoms with Crippen molar-refractivity contribution in [2.75, 3.05) is 0 Å². The minimum Gasteiger partial charge on any atom is -0.277 e. The summed E-state index contributed by atoms with van der Waals surface area (Å²) < 4.78 is 4.77. The Kier molecular flexibility index (Phi) is 2.90. The quantitative estimate of drug-likeness (QED) is 0.231. The van der Waals surface area contributed by atoms with E-state index in [4.69, 9.17) is 4.98 Å². The zero-order valence-electron chi connectivity index (χ0n) is 19.5. The molecule has 0 spiro atoms. The van der Waals surface area contributed by atoms with Crippen LogP contribution < -0.4 is 0 Å². The van der Waals surface area contributed by atoms with Crippen molar-refractivity contribution >= 4 is 54.9 Å². The van der Waals surface area contributed by atoms with Crippen LogP contribution in [0.5, 0.6) is 0 Å². The Hall–Kier alpha value is -4.37. The van der Waals surface area contributed by atoms with E-state index in [0.717, 1.165) is 16.8 Å². The van der Waals surface area contributed by atoms with Crippen molar-refractivity contribution < 1.29 is 0 Å². The molecule has 9 rings (SSSR count). The predicted octanol–water partition coefficient (Wildman–Crippen LogP) is 7.94. The fraction of sp³-hybridized carbons (Fsp3) is 0.0938. The molecule has 35 heavy (non-hydrogen) atoms. The van der Waals surface area contributed by atoms with Crippen LogP contribution in [0.4, 0.5) is 0 Å². The Bertz CT molecular complexity index is 2190. The van der Waals surface area contributed by atoms with E-state index >= 15 is 0 Å². The van der Waals surface area contributed by atoms with E-state index in [1.54, 1.807) is 0 Å². The molecule has 3 aromatic heterocycles. The molecule has 3 heteroatoms. The molecule has 5 aromatic carbocycles. The molecule has 0 unspecified atom stereocenters. The first-order valence-electron chi connectivity index (χ1n) is 12.3. The number of aromatic nitrogens is 3. The van der Waals surface area contributed by atoms with Gasteiger partial charge in [0.2, 0.25) is 5.78 Å². The summed E-state index contributed by atoms with van der Waals surface area (Å²) in [7, 11) is 0.